The van der Waals surface area contributed by atoms with E-state index in [1.54, 1.807) is 18.2 Å². The van der Waals surface area contributed by atoms with Gasteiger partial charge < -0.3 is 15.5 Å². The first-order valence-electron chi connectivity index (χ1n) is 6.92. The number of carbonyl (C=O) groups excluding carboxylic acids is 1. The number of aromatic hydroxyl groups is 1. The summed E-state index contributed by atoms with van der Waals surface area (Å²) in [7, 11) is 0. The van der Waals surface area contributed by atoms with Gasteiger partial charge in [0.2, 0.25) is 0 Å². The maximum atomic E-state index is 12.3. The van der Waals surface area contributed by atoms with Crippen molar-refractivity contribution in [3.63, 3.8) is 0 Å². The van der Waals surface area contributed by atoms with Crippen LogP contribution in [0.2, 0.25) is 0 Å². The maximum absolute atomic E-state index is 12.3. The zero-order valence-corrected chi connectivity index (χ0v) is 11.7. The number of aliphatic hydroxyl groups is 1. The van der Waals surface area contributed by atoms with E-state index in [-0.39, 0.29) is 17.2 Å². The molecule has 0 fully saturated rings. The number of aryl methyl sites for hydroxylation is 1. The molecule has 0 aliphatic heterocycles. The Labute approximate surface area is 123 Å². The van der Waals surface area contributed by atoms with Crippen molar-refractivity contribution in [2.24, 2.45) is 0 Å². The Morgan fingerprint density at radius 2 is 2.00 bits per heavy atom. The molecule has 4 heteroatoms. The standard InChI is InChI=1S/C17H17NO3/c1-10-6-7-13(14(19)8-10)17(21)18-16-12-5-3-2-4-11(12)9-15(16)20/h2-8,15-16,19-20H,9H2,1H3,(H,18,21)/t15-,16+/m1/s1. The van der Waals surface area contributed by atoms with Gasteiger partial charge >= 0.3 is 0 Å². The Bertz CT molecular complexity index is 696. The topological polar surface area (TPSA) is 69.6 Å². The maximum Gasteiger partial charge on any atom is 0.255 e. The lowest BCUT2D eigenvalue weighted by molar-refractivity contribution is 0.0855. The molecule has 3 N–H and O–H groups in total. The number of aliphatic hydroxyl groups excluding tert-OH is 1. The van der Waals surface area contributed by atoms with E-state index in [9.17, 15) is 15.0 Å². The van der Waals surface area contributed by atoms with Crippen LogP contribution in [0.25, 0.3) is 0 Å². The third kappa shape index (κ3) is 2.50. The number of hydrogen-bond donors (Lipinski definition) is 3. The van der Waals surface area contributed by atoms with E-state index in [4.69, 9.17) is 0 Å². The van der Waals surface area contributed by atoms with Crippen LogP contribution in [-0.2, 0) is 6.42 Å². The van der Waals surface area contributed by atoms with E-state index in [0.717, 1.165) is 16.7 Å². The molecule has 3 rings (SSSR count). The second-order valence-corrected chi connectivity index (χ2v) is 5.44. The molecule has 0 aromatic heterocycles. The van der Waals surface area contributed by atoms with Crippen molar-refractivity contribution >= 4 is 5.91 Å². The predicted octanol–water partition coefficient (Wildman–Crippen LogP) is 2.09. The van der Waals surface area contributed by atoms with Crippen molar-refractivity contribution in [2.75, 3.05) is 0 Å². The van der Waals surface area contributed by atoms with Crippen molar-refractivity contribution < 1.29 is 15.0 Å². The van der Waals surface area contributed by atoms with Gasteiger partial charge in [0, 0.05) is 6.42 Å². The highest BCUT2D eigenvalue weighted by Crippen LogP contribution is 2.32. The fourth-order valence-corrected chi connectivity index (χ4v) is 2.80. The summed E-state index contributed by atoms with van der Waals surface area (Å²) in [4.78, 5) is 12.3. The molecule has 4 nitrogen and oxygen atoms in total. The molecule has 108 valence electrons. The molecule has 0 unspecified atom stereocenters. The van der Waals surface area contributed by atoms with Crippen LogP contribution in [0, 0.1) is 6.92 Å². The number of rotatable bonds is 2. The molecule has 0 radical (unpaired) electrons. The van der Waals surface area contributed by atoms with Crippen molar-refractivity contribution in [3.8, 4) is 5.75 Å². The first kappa shape index (κ1) is 13.6. The minimum Gasteiger partial charge on any atom is -0.507 e. The number of benzene rings is 2. The third-order valence-electron chi connectivity index (χ3n) is 3.89. The molecule has 1 amide bonds. The average Bonchev–Trinajstić information content (AvgIpc) is 2.75. The summed E-state index contributed by atoms with van der Waals surface area (Å²) in [6, 6.07) is 12.1. The van der Waals surface area contributed by atoms with Gasteiger partial charge in [-0.2, -0.15) is 0 Å². The highest BCUT2D eigenvalue weighted by molar-refractivity contribution is 5.97. The fourth-order valence-electron chi connectivity index (χ4n) is 2.80. The monoisotopic (exact) mass is 283 g/mol. The van der Waals surface area contributed by atoms with Crippen LogP contribution in [0.15, 0.2) is 42.5 Å². The van der Waals surface area contributed by atoms with Gasteiger partial charge in [0.05, 0.1) is 17.7 Å². The second-order valence-electron chi connectivity index (χ2n) is 5.44. The highest BCUT2D eigenvalue weighted by atomic mass is 16.3. The van der Waals surface area contributed by atoms with Gasteiger partial charge in [-0.25, -0.2) is 0 Å². The Hall–Kier alpha value is -2.33. The molecule has 21 heavy (non-hydrogen) atoms. The lowest BCUT2D eigenvalue weighted by Crippen LogP contribution is -2.33. The normalized spacial score (nSPS) is 20.1. The van der Waals surface area contributed by atoms with Crippen molar-refractivity contribution in [1.82, 2.24) is 5.32 Å². The van der Waals surface area contributed by atoms with Gasteiger partial charge in [-0.15, -0.1) is 0 Å². The summed E-state index contributed by atoms with van der Waals surface area (Å²) < 4.78 is 0. The number of carbonyl (C=O) groups is 1. The van der Waals surface area contributed by atoms with Gasteiger partial charge in [0.15, 0.2) is 0 Å². The van der Waals surface area contributed by atoms with E-state index in [2.05, 4.69) is 5.32 Å². The number of phenols is 1. The van der Waals surface area contributed by atoms with Crippen molar-refractivity contribution in [3.05, 3.63) is 64.7 Å². The zero-order chi connectivity index (χ0) is 15.0. The summed E-state index contributed by atoms with van der Waals surface area (Å²) in [5.41, 5.74) is 3.08. The lowest BCUT2D eigenvalue weighted by Gasteiger charge is -2.18. The number of fused-ring (bicyclic) bond motifs is 1. The van der Waals surface area contributed by atoms with E-state index in [0.29, 0.717) is 6.42 Å². The molecule has 0 spiro atoms. The summed E-state index contributed by atoms with van der Waals surface area (Å²) in [5, 5.41) is 22.8. The van der Waals surface area contributed by atoms with Crippen LogP contribution in [0.4, 0.5) is 0 Å². The third-order valence-corrected chi connectivity index (χ3v) is 3.89. The molecule has 2 aromatic rings. The number of phenolic OH excluding ortho intramolecular Hbond substituents is 1. The first-order valence-corrected chi connectivity index (χ1v) is 6.92. The SMILES string of the molecule is Cc1ccc(C(=O)N[C@H]2c3ccccc3C[C@H]2O)c(O)c1. The van der Waals surface area contributed by atoms with Crippen LogP contribution in [0.1, 0.15) is 33.1 Å². The number of nitrogens with one attached hydrogen (secondary N) is 1. The summed E-state index contributed by atoms with van der Waals surface area (Å²) in [6.45, 7) is 1.85. The van der Waals surface area contributed by atoms with Gasteiger partial charge in [0.25, 0.3) is 5.91 Å². The van der Waals surface area contributed by atoms with Gasteiger partial charge in [-0.3, -0.25) is 4.79 Å². The molecule has 0 bridgehead atoms. The lowest BCUT2D eigenvalue weighted by atomic mass is 10.1. The second kappa shape index (κ2) is 5.22. The van der Waals surface area contributed by atoms with E-state index in [1.807, 2.05) is 31.2 Å². The molecule has 0 heterocycles. The van der Waals surface area contributed by atoms with Crippen molar-refractivity contribution in [2.45, 2.75) is 25.5 Å². The molecule has 1 aliphatic carbocycles. The molecular weight excluding hydrogens is 266 g/mol. The van der Waals surface area contributed by atoms with Gasteiger partial charge in [0.1, 0.15) is 5.75 Å². The molecule has 1 aliphatic rings. The molecule has 2 atom stereocenters. The Morgan fingerprint density at radius 1 is 1.24 bits per heavy atom. The van der Waals surface area contributed by atoms with Crippen LogP contribution in [-0.4, -0.2) is 22.2 Å². The highest BCUT2D eigenvalue weighted by Gasteiger charge is 2.32. The van der Waals surface area contributed by atoms with Gasteiger partial charge in [-0.05, 0) is 35.7 Å². The van der Waals surface area contributed by atoms with Crippen molar-refractivity contribution in [1.29, 1.82) is 0 Å². The Morgan fingerprint density at radius 3 is 2.76 bits per heavy atom. The van der Waals surface area contributed by atoms with E-state index >= 15 is 0 Å². The average molecular weight is 283 g/mol. The molecule has 0 saturated heterocycles. The molecular formula is C17H17NO3. The minimum absolute atomic E-state index is 0.0479. The minimum atomic E-state index is -0.640. The van der Waals surface area contributed by atoms with Crippen LogP contribution in [0.5, 0.6) is 5.75 Å². The fraction of sp³-hybridized carbons (Fsp3) is 0.235. The number of amides is 1. The predicted molar refractivity (Wildman–Crippen MR) is 79.2 cm³/mol. The van der Waals surface area contributed by atoms with Crippen LogP contribution < -0.4 is 5.32 Å². The van der Waals surface area contributed by atoms with E-state index < -0.39 is 12.1 Å². The largest absolute Gasteiger partial charge is 0.507 e. The summed E-state index contributed by atoms with van der Waals surface area (Å²) >= 11 is 0. The molecule has 0 saturated carbocycles. The van der Waals surface area contributed by atoms with E-state index in [1.165, 1.54) is 0 Å². The zero-order valence-electron chi connectivity index (χ0n) is 11.7. The van der Waals surface area contributed by atoms with Crippen LogP contribution >= 0.6 is 0 Å². The number of hydrogen-bond acceptors (Lipinski definition) is 3. The smallest absolute Gasteiger partial charge is 0.255 e. The Kier molecular flexibility index (Phi) is 3.39. The first-order chi connectivity index (χ1) is 10.1. The molecule has 2 aromatic carbocycles. The van der Waals surface area contributed by atoms with Gasteiger partial charge in [-0.1, -0.05) is 30.3 Å². The quantitative estimate of drug-likeness (QED) is 0.790. The summed E-state index contributed by atoms with van der Waals surface area (Å²) in [5.74, 6) is -0.429. The van der Waals surface area contributed by atoms with Crippen LogP contribution in [0.3, 0.4) is 0 Å². The summed E-state index contributed by atoms with van der Waals surface area (Å²) in [6.07, 6.45) is -0.111. The Balaban J connectivity index is 1.85.